The molecule has 15 heavy (non-hydrogen) atoms. The van der Waals surface area contributed by atoms with Crippen molar-refractivity contribution in [3.8, 4) is 0 Å². The second-order valence-corrected chi connectivity index (χ2v) is 5.20. The van der Waals surface area contributed by atoms with E-state index in [0.717, 1.165) is 0 Å². The van der Waals surface area contributed by atoms with Gasteiger partial charge in [0.2, 0.25) is 0 Å². The van der Waals surface area contributed by atoms with Crippen molar-refractivity contribution in [2.45, 2.75) is 12.4 Å². The third kappa shape index (κ3) is 2.18. The molecule has 0 fully saturated rings. The summed E-state index contributed by atoms with van der Waals surface area (Å²) >= 11 is 0. The summed E-state index contributed by atoms with van der Waals surface area (Å²) in [5.41, 5.74) is -4.15. The molecule has 0 aliphatic heterocycles. The summed E-state index contributed by atoms with van der Waals surface area (Å²) in [7, 11) is -1.70. The molecule has 1 aromatic carbocycles. The standard InChI is InChI=1S/C10H8F3S.BrH/c1-7-6-8-4-2-3-5-9(8)14(7)10(11,12)13;/h2-6H,1H3;1H/q+1;/p-1. The zero-order valence-corrected chi connectivity index (χ0v) is 10.2. The number of hydrogen-bond acceptors (Lipinski definition) is 0. The van der Waals surface area contributed by atoms with Crippen molar-refractivity contribution in [3.63, 3.8) is 0 Å². The molecule has 1 aromatic heterocycles. The summed E-state index contributed by atoms with van der Waals surface area (Å²) in [6.45, 7) is 1.54. The monoisotopic (exact) mass is 296 g/mol. The Hall–Kier alpha value is -0.550. The summed E-state index contributed by atoms with van der Waals surface area (Å²) in [6.07, 6.45) is 0. The van der Waals surface area contributed by atoms with Gasteiger partial charge in [0.05, 0.1) is 10.5 Å². The Morgan fingerprint density at radius 2 is 1.73 bits per heavy atom. The molecule has 0 bridgehead atoms. The van der Waals surface area contributed by atoms with Crippen LogP contribution in [0.5, 0.6) is 0 Å². The number of benzene rings is 1. The van der Waals surface area contributed by atoms with E-state index < -0.39 is 16.0 Å². The van der Waals surface area contributed by atoms with Gasteiger partial charge < -0.3 is 17.0 Å². The Morgan fingerprint density at radius 1 is 1.13 bits per heavy atom. The van der Waals surface area contributed by atoms with Crippen LogP contribution in [0, 0.1) is 6.92 Å². The molecule has 82 valence electrons. The summed E-state index contributed by atoms with van der Waals surface area (Å²) < 4.78 is 38.4. The Morgan fingerprint density at radius 3 is 2.33 bits per heavy atom. The fourth-order valence-corrected chi connectivity index (χ4v) is 3.33. The molecule has 0 nitrogen and oxygen atoms in total. The lowest BCUT2D eigenvalue weighted by Crippen LogP contribution is -3.00. The zero-order chi connectivity index (χ0) is 10.3. The quantitative estimate of drug-likeness (QED) is 0.645. The fraction of sp³-hybridized carbons (Fsp3) is 0.200. The van der Waals surface area contributed by atoms with Crippen LogP contribution >= 0.6 is 10.5 Å². The second-order valence-electron chi connectivity index (χ2n) is 3.04. The third-order valence-electron chi connectivity index (χ3n) is 2.05. The topological polar surface area (TPSA) is 0 Å². The number of aryl methyl sites for hydroxylation is 1. The minimum atomic E-state index is -4.15. The molecular weight excluding hydrogens is 289 g/mol. The second kappa shape index (κ2) is 4.14. The predicted octanol–water partition coefficient (Wildman–Crippen LogP) is 1.38. The van der Waals surface area contributed by atoms with Crippen molar-refractivity contribution in [2.75, 3.05) is 0 Å². The SMILES string of the molecule is Cc1cc2ccccc2[s+]1C(F)(F)F.[Br-]. The van der Waals surface area contributed by atoms with Crippen molar-refractivity contribution in [1.82, 2.24) is 0 Å². The van der Waals surface area contributed by atoms with Crippen molar-refractivity contribution < 1.29 is 30.2 Å². The normalized spacial score (nSPS) is 12.7. The summed E-state index contributed by atoms with van der Waals surface area (Å²) in [5.74, 6) is 0. The van der Waals surface area contributed by atoms with Gasteiger partial charge in [0.1, 0.15) is 0 Å². The number of rotatable bonds is 0. The zero-order valence-electron chi connectivity index (χ0n) is 7.81. The maximum absolute atomic E-state index is 12.7. The van der Waals surface area contributed by atoms with Gasteiger partial charge >= 0.3 is 5.51 Å². The maximum atomic E-state index is 12.7. The van der Waals surface area contributed by atoms with Gasteiger partial charge in [0.15, 0.2) is 9.58 Å². The Balaban J connectivity index is 0.00000112. The molecule has 0 amide bonds. The number of alkyl halides is 3. The lowest BCUT2D eigenvalue weighted by molar-refractivity contribution is -0.0867. The van der Waals surface area contributed by atoms with Gasteiger partial charge in [-0.2, -0.15) is 0 Å². The van der Waals surface area contributed by atoms with Gasteiger partial charge in [-0.3, -0.25) is 0 Å². The number of hydrogen-bond donors (Lipinski definition) is 0. The van der Waals surface area contributed by atoms with E-state index in [1.165, 1.54) is 6.92 Å². The van der Waals surface area contributed by atoms with Gasteiger partial charge in [-0.1, -0.05) is 12.1 Å². The lowest BCUT2D eigenvalue weighted by Gasteiger charge is -1.96. The average Bonchev–Trinajstić information content (AvgIpc) is 2.38. The van der Waals surface area contributed by atoms with Crippen LogP contribution in [-0.4, -0.2) is 0 Å². The van der Waals surface area contributed by atoms with Gasteiger partial charge in [0, 0.05) is 18.4 Å². The molecule has 2 aromatic rings. The smallest absolute Gasteiger partial charge is 0.600 e. The van der Waals surface area contributed by atoms with Gasteiger partial charge in [0.25, 0.3) is 0 Å². The lowest BCUT2D eigenvalue weighted by atomic mass is 10.2. The molecule has 0 N–H and O–H groups in total. The van der Waals surface area contributed by atoms with Crippen LogP contribution in [0.15, 0.2) is 30.3 Å². The van der Waals surface area contributed by atoms with Crippen LogP contribution in [0.2, 0.25) is 0 Å². The predicted molar refractivity (Wildman–Crippen MR) is 52.5 cm³/mol. The number of thiophene rings is 1. The Labute approximate surface area is 98.5 Å². The third-order valence-corrected chi connectivity index (χ3v) is 4.09. The fourth-order valence-electron chi connectivity index (χ4n) is 1.54. The average molecular weight is 297 g/mol. The minimum Gasteiger partial charge on any atom is -1.00 e. The number of fused-ring (bicyclic) bond motifs is 1. The van der Waals surface area contributed by atoms with Gasteiger partial charge in [-0.25, -0.2) is 0 Å². The van der Waals surface area contributed by atoms with Crippen LogP contribution in [-0.2, 0) is 5.51 Å². The molecule has 0 radical (unpaired) electrons. The molecule has 2 rings (SSSR count). The summed E-state index contributed by atoms with van der Waals surface area (Å²) in [6, 6.07) is 8.30. The van der Waals surface area contributed by atoms with E-state index >= 15 is 0 Å². The molecule has 0 aliphatic carbocycles. The van der Waals surface area contributed by atoms with Crippen molar-refractivity contribution in [1.29, 1.82) is 0 Å². The van der Waals surface area contributed by atoms with Crippen LogP contribution < -0.4 is 17.0 Å². The van der Waals surface area contributed by atoms with E-state index in [-0.39, 0.29) is 17.0 Å². The molecule has 0 aliphatic rings. The van der Waals surface area contributed by atoms with E-state index in [0.29, 0.717) is 15.0 Å². The molecule has 0 saturated heterocycles. The molecule has 1 heterocycles. The minimum absolute atomic E-state index is 0. The van der Waals surface area contributed by atoms with Crippen LogP contribution in [0.1, 0.15) is 4.88 Å². The first-order valence-electron chi connectivity index (χ1n) is 4.08. The summed E-state index contributed by atoms with van der Waals surface area (Å²) in [5, 5.41) is 0.700. The largest absolute Gasteiger partial charge is 1.00 e. The van der Waals surface area contributed by atoms with Crippen LogP contribution in [0.4, 0.5) is 13.2 Å². The Kier molecular flexibility index (Phi) is 3.45. The van der Waals surface area contributed by atoms with E-state index in [4.69, 9.17) is 0 Å². The molecule has 0 saturated carbocycles. The highest BCUT2D eigenvalue weighted by Gasteiger charge is 2.46. The molecule has 0 spiro atoms. The van der Waals surface area contributed by atoms with E-state index in [9.17, 15) is 13.2 Å². The van der Waals surface area contributed by atoms with Crippen molar-refractivity contribution >= 4 is 20.6 Å². The Bertz CT molecular complexity index is 473. The van der Waals surface area contributed by atoms with E-state index in [2.05, 4.69) is 0 Å². The van der Waals surface area contributed by atoms with Crippen molar-refractivity contribution in [3.05, 3.63) is 35.2 Å². The molecule has 5 heteroatoms. The maximum Gasteiger partial charge on any atom is 0.600 e. The first-order valence-corrected chi connectivity index (χ1v) is 5.31. The molecule has 1 atom stereocenters. The first kappa shape index (κ1) is 12.5. The molecular formula is C10H8BrF3S. The molecule has 1 unspecified atom stereocenters. The van der Waals surface area contributed by atoms with Gasteiger partial charge in [-0.05, 0) is 12.1 Å². The van der Waals surface area contributed by atoms with E-state index in [1.54, 1.807) is 30.3 Å². The highest BCUT2D eigenvalue weighted by Crippen LogP contribution is 2.50. The van der Waals surface area contributed by atoms with E-state index in [1.807, 2.05) is 0 Å². The number of halogens is 4. The van der Waals surface area contributed by atoms with Crippen LogP contribution in [0.3, 0.4) is 0 Å². The van der Waals surface area contributed by atoms with Crippen LogP contribution in [0.25, 0.3) is 10.1 Å². The summed E-state index contributed by atoms with van der Waals surface area (Å²) in [4.78, 5) is 0.402. The first-order chi connectivity index (χ1) is 6.50. The highest BCUT2D eigenvalue weighted by molar-refractivity contribution is 7.38. The highest BCUT2D eigenvalue weighted by atomic mass is 79.9. The van der Waals surface area contributed by atoms with Crippen molar-refractivity contribution in [2.24, 2.45) is 0 Å². The van der Waals surface area contributed by atoms with Gasteiger partial charge in [-0.15, -0.1) is 13.2 Å².